The van der Waals surface area contributed by atoms with Crippen LogP contribution in [0, 0.1) is 0 Å². The molecule has 2 aromatic rings. The zero-order chi connectivity index (χ0) is 14.9. The number of aromatic nitrogens is 3. The van der Waals surface area contributed by atoms with Crippen molar-refractivity contribution in [2.24, 2.45) is 0 Å². The third-order valence-corrected chi connectivity index (χ3v) is 6.45. The monoisotopic (exact) mass is 326 g/mol. The summed E-state index contributed by atoms with van der Waals surface area (Å²) in [6.07, 6.45) is 3.52. The Balaban J connectivity index is 1.68. The summed E-state index contributed by atoms with van der Waals surface area (Å²) < 4.78 is 27.2. The van der Waals surface area contributed by atoms with Gasteiger partial charge in [-0.05, 0) is 31.2 Å². The molecule has 6 nitrogen and oxygen atoms in total. The molecule has 1 aliphatic heterocycles. The molecule has 114 valence electrons. The Bertz CT molecular complexity index is 686. The Morgan fingerprint density at radius 2 is 2.14 bits per heavy atom. The van der Waals surface area contributed by atoms with E-state index in [0.29, 0.717) is 13.1 Å². The summed E-state index contributed by atoms with van der Waals surface area (Å²) in [5, 5.41) is 12.5. The second-order valence-corrected chi connectivity index (χ2v) is 8.16. The average Bonchev–Trinajstić information content (AvgIpc) is 3.18. The van der Waals surface area contributed by atoms with Gasteiger partial charge in [0, 0.05) is 24.0 Å². The zero-order valence-electron chi connectivity index (χ0n) is 11.8. The van der Waals surface area contributed by atoms with Gasteiger partial charge in [0.2, 0.25) is 10.0 Å². The maximum Gasteiger partial charge on any atom is 0.213 e. The van der Waals surface area contributed by atoms with Crippen LogP contribution in [0.2, 0.25) is 0 Å². The molecular formula is C13H18N4O2S2. The van der Waals surface area contributed by atoms with E-state index in [4.69, 9.17) is 0 Å². The summed E-state index contributed by atoms with van der Waals surface area (Å²) in [5.74, 6) is 0.170. The molecule has 0 unspecified atom stereocenters. The number of hydrogen-bond donors (Lipinski definition) is 0. The van der Waals surface area contributed by atoms with Gasteiger partial charge in [-0.3, -0.25) is 0 Å². The SMILES string of the molecule is CCS(=O)(=O)N1CCC(n2cc(-c3ccsc3)nn2)CC1. The number of piperidine rings is 1. The minimum Gasteiger partial charge on any atom is -0.249 e. The Morgan fingerprint density at radius 1 is 1.38 bits per heavy atom. The Labute approximate surface area is 128 Å². The van der Waals surface area contributed by atoms with Gasteiger partial charge in [-0.1, -0.05) is 5.21 Å². The van der Waals surface area contributed by atoms with Crippen molar-refractivity contribution in [3.05, 3.63) is 23.0 Å². The summed E-state index contributed by atoms with van der Waals surface area (Å²) in [6, 6.07) is 2.25. The van der Waals surface area contributed by atoms with Gasteiger partial charge in [-0.15, -0.1) is 5.10 Å². The largest absolute Gasteiger partial charge is 0.249 e. The van der Waals surface area contributed by atoms with Gasteiger partial charge in [-0.2, -0.15) is 11.3 Å². The van der Waals surface area contributed by atoms with Crippen molar-refractivity contribution in [1.29, 1.82) is 0 Å². The van der Waals surface area contributed by atoms with Gasteiger partial charge >= 0.3 is 0 Å². The van der Waals surface area contributed by atoms with Crippen molar-refractivity contribution in [2.45, 2.75) is 25.8 Å². The van der Waals surface area contributed by atoms with Crippen LogP contribution in [0.1, 0.15) is 25.8 Å². The van der Waals surface area contributed by atoms with Crippen LogP contribution in [0.4, 0.5) is 0 Å². The minimum absolute atomic E-state index is 0.170. The van der Waals surface area contributed by atoms with E-state index in [1.807, 2.05) is 27.7 Å². The molecule has 0 saturated carbocycles. The molecule has 2 aromatic heterocycles. The maximum absolute atomic E-state index is 11.8. The van der Waals surface area contributed by atoms with Gasteiger partial charge in [0.15, 0.2) is 0 Å². The zero-order valence-corrected chi connectivity index (χ0v) is 13.5. The predicted octanol–water partition coefficient (Wildman–Crippen LogP) is 1.99. The molecule has 3 rings (SSSR count). The van der Waals surface area contributed by atoms with Crippen LogP contribution < -0.4 is 0 Å². The standard InChI is InChI=1S/C13H18N4O2S2/c1-2-21(18,19)16-6-3-12(4-7-16)17-9-13(14-15-17)11-5-8-20-10-11/h5,8-10,12H,2-4,6-7H2,1H3. The minimum atomic E-state index is -3.07. The highest BCUT2D eigenvalue weighted by atomic mass is 32.2. The molecule has 1 aliphatic rings. The molecule has 21 heavy (non-hydrogen) atoms. The molecule has 0 N–H and O–H groups in total. The van der Waals surface area contributed by atoms with Crippen LogP contribution in [0.15, 0.2) is 23.0 Å². The Hall–Kier alpha value is -1.25. The number of sulfonamides is 1. The highest BCUT2D eigenvalue weighted by molar-refractivity contribution is 7.89. The first kappa shape index (κ1) is 14.7. The number of hydrogen-bond acceptors (Lipinski definition) is 5. The second-order valence-electron chi connectivity index (χ2n) is 5.13. The lowest BCUT2D eigenvalue weighted by Crippen LogP contribution is -2.39. The summed E-state index contributed by atoms with van der Waals surface area (Å²) >= 11 is 1.63. The molecular weight excluding hydrogens is 308 g/mol. The molecule has 0 aliphatic carbocycles. The molecule has 0 spiro atoms. The van der Waals surface area contributed by atoms with E-state index in [1.165, 1.54) is 0 Å². The quantitative estimate of drug-likeness (QED) is 0.862. The molecule has 1 saturated heterocycles. The number of nitrogens with zero attached hydrogens (tertiary/aromatic N) is 4. The second kappa shape index (κ2) is 5.86. The molecule has 0 radical (unpaired) electrons. The number of rotatable bonds is 4. The van der Waals surface area contributed by atoms with Crippen molar-refractivity contribution >= 4 is 21.4 Å². The lowest BCUT2D eigenvalue weighted by atomic mass is 10.1. The highest BCUT2D eigenvalue weighted by Crippen LogP contribution is 2.26. The summed E-state index contributed by atoms with van der Waals surface area (Å²) in [7, 11) is -3.07. The fraction of sp³-hybridized carbons (Fsp3) is 0.538. The first-order valence-corrected chi connectivity index (χ1v) is 9.57. The summed E-state index contributed by atoms with van der Waals surface area (Å²) in [5.41, 5.74) is 1.96. The van der Waals surface area contributed by atoms with Gasteiger partial charge < -0.3 is 0 Å². The van der Waals surface area contributed by atoms with Crippen LogP contribution in [-0.2, 0) is 10.0 Å². The Morgan fingerprint density at radius 3 is 2.76 bits per heavy atom. The third kappa shape index (κ3) is 3.02. The lowest BCUT2D eigenvalue weighted by molar-refractivity contribution is 0.258. The topological polar surface area (TPSA) is 68.1 Å². The van der Waals surface area contributed by atoms with E-state index >= 15 is 0 Å². The third-order valence-electron chi connectivity index (χ3n) is 3.88. The molecule has 3 heterocycles. The van der Waals surface area contributed by atoms with E-state index in [9.17, 15) is 8.42 Å². The molecule has 8 heteroatoms. The molecule has 1 fully saturated rings. The van der Waals surface area contributed by atoms with E-state index in [2.05, 4.69) is 10.3 Å². The summed E-state index contributed by atoms with van der Waals surface area (Å²) in [4.78, 5) is 0. The van der Waals surface area contributed by atoms with Gasteiger partial charge in [0.1, 0.15) is 5.69 Å². The number of thiophene rings is 1. The van der Waals surface area contributed by atoms with Crippen LogP contribution in [0.25, 0.3) is 11.3 Å². The first-order chi connectivity index (χ1) is 10.1. The molecule has 0 bridgehead atoms. The van der Waals surface area contributed by atoms with Crippen LogP contribution in [-0.4, -0.2) is 46.6 Å². The lowest BCUT2D eigenvalue weighted by Gasteiger charge is -2.30. The van der Waals surface area contributed by atoms with Crippen molar-refractivity contribution < 1.29 is 8.42 Å². The van der Waals surface area contributed by atoms with E-state index < -0.39 is 10.0 Å². The fourth-order valence-corrected chi connectivity index (χ4v) is 4.35. The van der Waals surface area contributed by atoms with E-state index in [0.717, 1.165) is 24.1 Å². The van der Waals surface area contributed by atoms with Crippen LogP contribution in [0.3, 0.4) is 0 Å². The highest BCUT2D eigenvalue weighted by Gasteiger charge is 2.28. The van der Waals surface area contributed by atoms with E-state index in [1.54, 1.807) is 22.6 Å². The maximum atomic E-state index is 11.8. The molecule has 0 amide bonds. The van der Waals surface area contributed by atoms with Crippen molar-refractivity contribution in [2.75, 3.05) is 18.8 Å². The van der Waals surface area contributed by atoms with Gasteiger partial charge in [0.05, 0.1) is 18.0 Å². The fourth-order valence-electron chi connectivity index (χ4n) is 2.57. The van der Waals surface area contributed by atoms with Crippen molar-refractivity contribution in [3.63, 3.8) is 0 Å². The summed E-state index contributed by atoms with van der Waals surface area (Å²) in [6.45, 7) is 2.81. The molecule has 0 aromatic carbocycles. The predicted molar refractivity (Wildman–Crippen MR) is 82.6 cm³/mol. The normalized spacial score (nSPS) is 18.1. The van der Waals surface area contributed by atoms with Crippen molar-refractivity contribution in [1.82, 2.24) is 19.3 Å². The Kier molecular flexibility index (Phi) is 4.10. The van der Waals surface area contributed by atoms with Gasteiger partial charge in [0.25, 0.3) is 0 Å². The molecule has 0 atom stereocenters. The van der Waals surface area contributed by atoms with Crippen LogP contribution in [0.5, 0.6) is 0 Å². The average molecular weight is 326 g/mol. The van der Waals surface area contributed by atoms with Crippen LogP contribution >= 0.6 is 11.3 Å². The van der Waals surface area contributed by atoms with Gasteiger partial charge in [-0.25, -0.2) is 17.4 Å². The van der Waals surface area contributed by atoms with E-state index in [-0.39, 0.29) is 11.8 Å². The smallest absolute Gasteiger partial charge is 0.213 e. The van der Waals surface area contributed by atoms with Crippen molar-refractivity contribution in [3.8, 4) is 11.3 Å². The first-order valence-electron chi connectivity index (χ1n) is 7.02.